The Bertz CT molecular complexity index is 777. The number of hydrogen-bond acceptors (Lipinski definition) is 5. The summed E-state index contributed by atoms with van der Waals surface area (Å²) in [5, 5.41) is 11.3. The Kier molecular flexibility index (Phi) is 3.92. The Hall–Kier alpha value is -2.96. The van der Waals surface area contributed by atoms with Gasteiger partial charge in [-0.1, -0.05) is 0 Å². The molecule has 0 fully saturated rings. The third kappa shape index (κ3) is 2.98. The zero-order chi connectivity index (χ0) is 16.4. The Morgan fingerprint density at radius 3 is 3.04 bits per heavy atom. The van der Waals surface area contributed by atoms with Gasteiger partial charge in [0.1, 0.15) is 11.5 Å². The number of fused-ring (bicyclic) bond motifs is 1. The van der Waals surface area contributed by atoms with E-state index < -0.39 is 11.7 Å². The van der Waals surface area contributed by atoms with Crippen molar-refractivity contribution in [3.63, 3.8) is 0 Å². The van der Waals surface area contributed by atoms with Crippen LogP contribution in [0.3, 0.4) is 0 Å². The topological polar surface area (TPSA) is 95.1 Å². The molecule has 1 aromatic carbocycles. The van der Waals surface area contributed by atoms with Gasteiger partial charge in [-0.2, -0.15) is 0 Å². The van der Waals surface area contributed by atoms with Crippen LogP contribution in [0.5, 0.6) is 0 Å². The molecule has 7 heteroatoms. The first-order valence-electron chi connectivity index (χ1n) is 7.16. The number of hydrogen-bond donors (Lipinski definition) is 3. The van der Waals surface area contributed by atoms with Gasteiger partial charge in [-0.25, -0.2) is 4.39 Å². The van der Waals surface area contributed by atoms with Crippen molar-refractivity contribution in [1.82, 2.24) is 9.88 Å². The normalized spacial score (nSPS) is 13.7. The van der Waals surface area contributed by atoms with Crippen LogP contribution in [0, 0.1) is 11.2 Å². The quantitative estimate of drug-likeness (QED) is 0.580. The van der Waals surface area contributed by atoms with Gasteiger partial charge >= 0.3 is 0 Å². The molecule has 0 radical (unpaired) electrons. The van der Waals surface area contributed by atoms with E-state index in [1.165, 1.54) is 17.0 Å². The van der Waals surface area contributed by atoms with Gasteiger partial charge in [0, 0.05) is 54.5 Å². The van der Waals surface area contributed by atoms with Gasteiger partial charge in [0.25, 0.3) is 5.91 Å². The van der Waals surface area contributed by atoms with Crippen molar-refractivity contribution in [2.75, 3.05) is 24.1 Å². The number of nitrogen functional groups attached to an aromatic ring is 1. The lowest BCUT2D eigenvalue weighted by Gasteiger charge is -2.21. The third-order valence-corrected chi connectivity index (χ3v) is 3.75. The van der Waals surface area contributed by atoms with Gasteiger partial charge in [0.2, 0.25) is 0 Å². The fourth-order valence-corrected chi connectivity index (χ4v) is 2.53. The maximum Gasteiger partial charge on any atom is 0.272 e. The van der Waals surface area contributed by atoms with Crippen LogP contribution in [0.1, 0.15) is 11.1 Å². The summed E-state index contributed by atoms with van der Waals surface area (Å²) in [5.41, 5.74) is 7.57. The number of nitrogens with zero attached hydrogens (tertiary/aromatic N) is 2. The second-order valence-corrected chi connectivity index (χ2v) is 5.29. The number of rotatable bonds is 2. The highest BCUT2D eigenvalue weighted by atomic mass is 19.1. The maximum atomic E-state index is 13.4. The van der Waals surface area contributed by atoms with Gasteiger partial charge in [0.05, 0.1) is 0 Å². The maximum absolute atomic E-state index is 13.4. The largest absolute Gasteiger partial charge is 0.398 e. The number of benzene rings is 1. The summed E-state index contributed by atoms with van der Waals surface area (Å²) in [6.07, 6.45) is 3.37. The first kappa shape index (κ1) is 15.0. The summed E-state index contributed by atoms with van der Waals surface area (Å²) in [6, 6.07) is 5.52. The highest BCUT2D eigenvalue weighted by Gasteiger charge is 2.24. The van der Waals surface area contributed by atoms with Crippen molar-refractivity contribution in [2.24, 2.45) is 0 Å². The van der Waals surface area contributed by atoms with Gasteiger partial charge in [-0.05, 0) is 24.3 Å². The van der Waals surface area contributed by atoms with E-state index in [9.17, 15) is 9.18 Å². The highest BCUT2D eigenvalue weighted by molar-refractivity contribution is 6.45. The summed E-state index contributed by atoms with van der Waals surface area (Å²) < 4.78 is 13.4. The molecule has 0 bridgehead atoms. The van der Waals surface area contributed by atoms with E-state index in [0.29, 0.717) is 19.6 Å². The van der Waals surface area contributed by atoms with Crippen LogP contribution >= 0.6 is 0 Å². The minimum atomic E-state index is -0.529. The molecule has 0 unspecified atom stereocenters. The number of aromatic nitrogens is 1. The molecule has 0 atom stereocenters. The molecule has 2 aromatic rings. The average molecular weight is 313 g/mol. The van der Waals surface area contributed by atoms with Crippen LogP contribution in [0.25, 0.3) is 0 Å². The van der Waals surface area contributed by atoms with E-state index in [2.05, 4.69) is 10.3 Å². The molecular formula is C16H16FN5O. The molecule has 0 aliphatic carbocycles. The lowest BCUT2D eigenvalue weighted by Crippen LogP contribution is -2.38. The summed E-state index contributed by atoms with van der Waals surface area (Å²) in [5.74, 6) is -1.01. The molecule has 1 amide bonds. The Balaban J connectivity index is 1.85. The summed E-state index contributed by atoms with van der Waals surface area (Å²) in [6.45, 7) is 1.34. The average Bonchev–Trinajstić information content (AvgIpc) is 2.78. The number of amides is 1. The number of nitrogens with one attached hydrogen (secondary N) is 2. The summed E-state index contributed by atoms with van der Waals surface area (Å²) >= 11 is 0. The molecule has 0 saturated carbocycles. The molecule has 4 N–H and O–H groups in total. The molecule has 23 heavy (non-hydrogen) atoms. The minimum absolute atomic E-state index is 0.110. The molecular weight excluding hydrogens is 297 g/mol. The zero-order valence-electron chi connectivity index (χ0n) is 12.3. The second-order valence-electron chi connectivity index (χ2n) is 5.29. The monoisotopic (exact) mass is 313 g/mol. The third-order valence-electron chi connectivity index (χ3n) is 3.75. The van der Waals surface area contributed by atoms with E-state index in [4.69, 9.17) is 11.1 Å². The Morgan fingerprint density at radius 1 is 1.39 bits per heavy atom. The van der Waals surface area contributed by atoms with Gasteiger partial charge < -0.3 is 16.0 Å². The van der Waals surface area contributed by atoms with Crippen LogP contribution in [0.2, 0.25) is 0 Å². The predicted molar refractivity (Wildman–Crippen MR) is 85.8 cm³/mol. The number of halogens is 1. The first-order valence-corrected chi connectivity index (χ1v) is 7.16. The molecule has 0 saturated heterocycles. The number of carbonyl (C=O) groups is 1. The van der Waals surface area contributed by atoms with Gasteiger partial charge in [0.15, 0.2) is 0 Å². The number of nitrogens with two attached hydrogens (primary N) is 1. The van der Waals surface area contributed by atoms with Crippen molar-refractivity contribution < 1.29 is 9.18 Å². The molecule has 1 aliphatic heterocycles. The molecule has 0 spiro atoms. The molecule has 2 heterocycles. The number of anilines is 2. The Labute approximate surface area is 132 Å². The van der Waals surface area contributed by atoms with Crippen LogP contribution in [0.15, 0.2) is 36.7 Å². The number of carbonyl (C=O) groups excluding carboxylic acids is 1. The molecule has 1 aromatic heterocycles. The van der Waals surface area contributed by atoms with Crippen LogP contribution in [-0.4, -0.2) is 34.6 Å². The van der Waals surface area contributed by atoms with E-state index in [-0.39, 0.29) is 17.0 Å². The van der Waals surface area contributed by atoms with Crippen molar-refractivity contribution in [2.45, 2.75) is 6.54 Å². The van der Waals surface area contributed by atoms with Crippen LogP contribution in [0.4, 0.5) is 15.8 Å². The molecule has 3 rings (SSSR count). The van der Waals surface area contributed by atoms with Crippen LogP contribution < -0.4 is 11.1 Å². The van der Waals surface area contributed by atoms with Gasteiger partial charge in [-0.15, -0.1) is 0 Å². The van der Waals surface area contributed by atoms with Crippen molar-refractivity contribution in [3.05, 3.63) is 53.6 Å². The standard InChI is InChI=1S/C16H16FN5O/c17-11-1-2-13(18)12(7-11)15(19)16(23)22-6-5-21-14-3-4-20-8-10(14)9-22/h1-4,7-8,19,21H,5-6,9,18H2. The van der Waals surface area contributed by atoms with Crippen LogP contribution in [-0.2, 0) is 11.3 Å². The second kappa shape index (κ2) is 6.04. The summed E-state index contributed by atoms with van der Waals surface area (Å²) in [7, 11) is 0. The highest BCUT2D eigenvalue weighted by Crippen LogP contribution is 2.20. The predicted octanol–water partition coefficient (Wildman–Crippen LogP) is 1.63. The minimum Gasteiger partial charge on any atom is -0.398 e. The van der Waals surface area contributed by atoms with Crippen molar-refractivity contribution >= 4 is 23.0 Å². The van der Waals surface area contributed by atoms with E-state index in [1.807, 2.05) is 6.07 Å². The van der Waals surface area contributed by atoms with Crippen molar-refractivity contribution in [3.8, 4) is 0 Å². The molecule has 6 nitrogen and oxygen atoms in total. The zero-order valence-corrected chi connectivity index (χ0v) is 12.3. The smallest absolute Gasteiger partial charge is 0.272 e. The summed E-state index contributed by atoms with van der Waals surface area (Å²) in [4.78, 5) is 18.2. The van der Waals surface area contributed by atoms with Gasteiger partial charge in [-0.3, -0.25) is 15.2 Å². The lowest BCUT2D eigenvalue weighted by atomic mass is 10.1. The fraction of sp³-hybridized carbons (Fsp3) is 0.188. The van der Waals surface area contributed by atoms with E-state index >= 15 is 0 Å². The van der Waals surface area contributed by atoms with Crippen molar-refractivity contribution in [1.29, 1.82) is 5.41 Å². The number of pyridine rings is 1. The Morgan fingerprint density at radius 2 is 2.22 bits per heavy atom. The molecule has 118 valence electrons. The lowest BCUT2D eigenvalue weighted by molar-refractivity contribution is -0.124. The fourth-order valence-electron chi connectivity index (χ4n) is 2.53. The molecule has 1 aliphatic rings. The van der Waals surface area contributed by atoms with E-state index in [1.54, 1.807) is 12.4 Å². The SMILES string of the molecule is N=C(C(=O)N1CCNc2ccncc2C1)c1cc(F)ccc1N. The van der Waals surface area contributed by atoms with E-state index in [0.717, 1.165) is 17.3 Å². The first-order chi connectivity index (χ1) is 11.1.